The zero-order chi connectivity index (χ0) is 14.7. The summed E-state index contributed by atoms with van der Waals surface area (Å²) in [4.78, 5) is 6.69. The number of hydrogen-bond acceptors (Lipinski definition) is 5. The van der Waals surface area contributed by atoms with Crippen molar-refractivity contribution in [2.24, 2.45) is 0 Å². The molecule has 3 rings (SSSR count). The van der Waals surface area contributed by atoms with Crippen molar-refractivity contribution < 1.29 is 8.91 Å². The molecule has 0 amide bonds. The third kappa shape index (κ3) is 3.46. The summed E-state index contributed by atoms with van der Waals surface area (Å²) in [6, 6.07) is 4.60. The summed E-state index contributed by atoms with van der Waals surface area (Å²) in [5.74, 6) is 0.742. The largest absolute Gasteiger partial charge is 0.338 e. The van der Waals surface area contributed by atoms with Gasteiger partial charge in [0.1, 0.15) is 5.82 Å². The van der Waals surface area contributed by atoms with Crippen molar-refractivity contribution >= 4 is 0 Å². The first-order chi connectivity index (χ1) is 10.2. The van der Waals surface area contributed by atoms with E-state index in [0.717, 1.165) is 38.2 Å². The topological polar surface area (TPSA) is 54.2 Å². The molecule has 0 saturated carbocycles. The summed E-state index contributed by atoms with van der Waals surface area (Å²) in [6.45, 7) is 6.56. The summed E-state index contributed by atoms with van der Waals surface area (Å²) < 4.78 is 18.7. The van der Waals surface area contributed by atoms with E-state index < -0.39 is 0 Å². The smallest absolute Gasteiger partial charge is 0.241 e. The fraction of sp³-hybridized carbons (Fsp3) is 0.467. The lowest BCUT2D eigenvalue weighted by atomic mass is 10.1. The molecule has 1 aromatic carbocycles. The van der Waals surface area contributed by atoms with E-state index in [2.05, 4.69) is 20.4 Å². The maximum absolute atomic E-state index is 13.4. The number of nitrogens with one attached hydrogen (secondary N) is 1. The number of aromatic nitrogens is 2. The van der Waals surface area contributed by atoms with Gasteiger partial charge >= 0.3 is 0 Å². The second kappa shape index (κ2) is 6.32. The molecule has 0 radical (unpaired) electrons. The van der Waals surface area contributed by atoms with Gasteiger partial charge in [-0.25, -0.2) is 4.39 Å². The second-order valence-electron chi connectivity index (χ2n) is 5.35. The van der Waals surface area contributed by atoms with Gasteiger partial charge in [-0.1, -0.05) is 11.2 Å². The monoisotopic (exact) mass is 290 g/mol. The van der Waals surface area contributed by atoms with E-state index in [9.17, 15) is 4.39 Å². The summed E-state index contributed by atoms with van der Waals surface area (Å²) in [6.07, 6.45) is 1.12. The maximum Gasteiger partial charge on any atom is 0.241 e. The Kier molecular flexibility index (Phi) is 4.26. The molecule has 6 heteroatoms. The lowest BCUT2D eigenvalue weighted by Crippen LogP contribution is -2.27. The molecule has 0 unspecified atom stereocenters. The van der Waals surface area contributed by atoms with Crippen molar-refractivity contribution in [3.05, 3.63) is 35.5 Å². The fourth-order valence-corrected chi connectivity index (χ4v) is 2.51. The molecule has 0 aliphatic carbocycles. The summed E-state index contributed by atoms with van der Waals surface area (Å²) in [5.41, 5.74) is 1.62. The molecule has 1 saturated heterocycles. The number of halogens is 1. The SMILES string of the molecule is Cc1ccc(F)cc1-c1noc(CN2CCCNCC2)n1. The molecule has 2 heterocycles. The summed E-state index contributed by atoms with van der Waals surface area (Å²) >= 11 is 0. The third-order valence-electron chi connectivity index (χ3n) is 3.70. The maximum atomic E-state index is 13.4. The first-order valence-electron chi connectivity index (χ1n) is 7.24. The van der Waals surface area contributed by atoms with Gasteiger partial charge in [0.25, 0.3) is 0 Å². The van der Waals surface area contributed by atoms with Crippen molar-refractivity contribution in [1.82, 2.24) is 20.4 Å². The van der Waals surface area contributed by atoms with E-state index in [1.807, 2.05) is 6.92 Å². The highest BCUT2D eigenvalue weighted by molar-refractivity contribution is 5.59. The summed E-state index contributed by atoms with van der Waals surface area (Å²) in [5, 5.41) is 7.34. The Morgan fingerprint density at radius 2 is 2.24 bits per heavy atom. The number of nitrogens with zero attached hydrogens (tertiary/aromatic N) is 3. The molecule has 21 heavy (non-hydrogen) atoms. The number of rotatable bonds is 3. The Morgan fingerprint density at radius 1 is 1.33 bits per heavy atom. The first-order valence-corrected chi connectivity index (χ1v) is 7.24. The van der Waals surface area contributed by atoms with Crippen LogP contribution in [-0.2, 0) is 6.54 Å². The molecule has 0 spiro atoms. The highest BCUT2D eigenvalue weighted by Gasteiger charge is 2.15. The van der Waals surface area contributed by atoms with E-state index in [1.54, 1.807) is 6.07 Å². The second-order valence-corrected chi connectivity index (χ2v) is 5.35. The van der Waals surface area contributed by atoms with Crippen molar-refractivity contribution in [2.75, 3.05) is 26.2 Å². The minimum absolute atomic E-state index is 0.291. The van der Waals surface area contributed by atoms with Crippen LogP contribution in [0, 0.1) is 12.7 Å². The van der Waals surface area contributed by atoms with Gasteiger partial charge in [-0.3, -0.25) is 4.90 Å². The minimum Gasteiger partial charge on any atom is -0.338 e. The van der Waals surface area contributed by atoms with Gasteiger partial charge in [0.15, 0.2) is 0 Å². The lowest BCUT2D eigenvalue weighted by Gasteiger charge is -2.16. The molecule has 1 aromatic heterocycles. The van der Waals surface area contributed by atoms with Crippen LogP contribution in [0.3, 0.4) is 0 Å². The van der Waals surface area contributed by atoms with E-state index in [4.69, 9.17) is 4.52 Å². The molecule has 112 valence electrons. The molecule has 1 fully saturated rings. The normalized spacial score (nSPS) is 16.9. The molecule has 1 aliphatic heterocycles. The Labute approximate surface area is 123 Å². The van der Waals surface area contributed by atoms with E-state index >= 15 is 0 Å². The van der Waals surface area contributed by atoms with Crippen LogP contribution in [0.5, 0.6) is 0 Å². The molecule has 2 aromatic rings. The lowest BCUT2D eigenvalue weighted by molar-refractivity contribution is 0.239. The van der Waals surface area contributed by atoms with Gasteiger partial charge in [0.05, 0.1) is 6.54 Å². The Morgan fingerprint density at radius 3 is 3.14 bits per heavy atom. The van der Waals surface area contributed by atoms with Gasteiger partial charge in [-0.2, -0.15) is 4.98 Å². The average Bonchev–Trinajstić information content (AvgIpc) is 2.77. The Hall–Kier alpha value is -1.79. The van der Waals surface area contributed by atoms with Crippen molar-refractivity contribution in [1.29, 1.82) is 0 Å². The summed E-state index contributed by atoms with van der Waals surface area (Å²) in [7, 11) is 0. The molecule has 0 bridgehead atoms. The van der Waals surface area contributed by atoms with Crippen LogP contribution in [0.1, 0.15) is 17.9 Å². The van der Waals surface area contributed by atoms with Crippen LogP contribution in [-0.4, -0.2) is 41.2 Å². The molecular weight excluding hydrogens is 271 g/mol. The highest BCUT2D eigenvalue weighted by Crippen LogP contribution is 2.21. The van der Waals surface area contributed by atoms with Gasteiger partial charge < -0.3 is 9.84 Å². The van der Waals surface area contributed by atoms with Crippen LogP contribution in [0.4, 0.5) is 4.39 Å². The van der Waals surface area contributed by atoms with Crippen molar-refractivity contribution in [3.8, 4) is 11.4 Å². The van der Waals surface area contributed by atoms with Crippen molar-refractivity contribution in [2.45, 2.75) is 19.9 Å². The van der Waals surface area contributed by atoms with Gasteiger partial charge in [0, 0.05) is 18.7 Å². The van der Waals surface area contributed by atoms with E-state index in [0.29, 0.717) is 23.8 Å². The van der Waals surface area contributed by atoms with E-state index in [-0.39, 0.29) is 5.82 Å². The van der Waals surface area contributed by atoms with E-state index in [1.165, 1.54) is 12.1 Å². The number of aryl methyl sites for hydroxylation is 1. The van der Waals surface area contributed by atoms with Crippen LogP contribution < -0.4 is 5.32 Å². The number of benzene rings is 1. The highest BCUT2D eigenvalue weighted by atomic mass is 19.1. The zero-order valence-electron chi connectivity index (χ0n) is 12.1. The zero-order valence-corrected chi connectivity index (χ0v) is 12.1. The molecule has 1 aliphatic rings. The fourth-order valence-electron chi connectivity index (χ4n) is 2.51. The van der Waals surface area contributed by atoms with Crippen LogP contribution in [0.15, 0.2) is 22.7 Å². The van der Waals surface area contributed by atoms with Crippen LogP contribution in [0.25, 0.3) is 11.4 Å². The van der Waals surface area contributed by atoms with Gasteiger partial charge in [0.2, 0.25) is 11.7 Å². The van der Waals surface area contributed by atoms with Crippen molar-refractivity contribution in [3.63, 3.8) is 0 Å². The molecule has 0 atom stereocenters. The first kappa shape index (κ1) is 14.2. The molecular formula is C15H19FN4O. The average molecular weight is 290 g/mol. The van der Waals surface area contributed by atoms with Crippen LogP contribution >= 0.6 is 0 Å². The predicted molar refractivity (Wildman–Crippen MR) is 77.2 cm³/mol. The Balaban J connectivity index is 1.75. The standard InChI is InChI=1S/C15H19FN4O/c1-11-3-4-12(16)9-13(11)15-18-14(21-19-15)10-20-7-2-5-17-6-8-20/h3-4,9,17H,2,5-8,10H2,1H3. The predicted octanol–water partition coefficient (Wildman–Crippen LogP) is 1.98. The number of hydrogen-bond donors (Lipinski definition) is 1. The minimum atomic E-state index is -0.291. The Bertz CT molecular complexity index is 605. The molecule has 1 N–H and O–H groups in total. The van der Waals surface area contributed by atoms with Gasteiger partial charge in [-0.15, -0.1) is 0 Å². The molecule has 5 nitrogen and oxygen atoms in total. The van der Waals surface area contributed by atoms with Crippen LogP contribution in [0.2, 0.25) is 0 Å². The quantitative estimate of drug-likeness (QED) is 0.936. The van der Waals surface area contributed by atoms with Gasteiger partial charge in [-0.05, 0) is 44.1 Å². The third-order valence-corrected chi connectivity index (χ3v) is 3.70.